The topological polar surface area (TPSA) is 108 Å². The number of amides is 1. The number of aliphatic hydroxyl groups excluding tert-OH is 1. The molecule has 1 amide bonds. The maximum absolute atomic E-state index is 12.0. The highest BCUT2D eigenvalue weighted by atomic mass is 31.2. The molecule has 0 fully saturated rings. The van der Waals surface area contributed by atoms with E-state index in [1.54, 1.807) is 6.08 Å². The lowest BCUT2D eigenvalue weighted by molar-refractivity contribution is -0.870. The summed E-state index contributed by atoms with van der Waals surface area (Å²) in [7, 11) is 1.23. The van der Waals surface area contributed by atoms with E-state index < -0.39 is 26.6 Å². The lowest BCUT2D eigenvalue weighted by Crippen LogP contribution is -2.45. The van der Waals surface area contributed by atoms with Crippen molar-refractivity contribution in [3.8, 4) is 0 Å². The van der Waals surface area contributed by atoms with Gasteiger partial charge in [0.25, 0.3) is 7.82 Å². The summed E-state index contributed by atoms with van der Waals surface area (Å²) in [6.07, 6.45) is 22.8. The zero-order valence-corrected chi connectivity index (χ0v) is 25.1. The molecule has 0 rings (SSSR count). The van der Waals surface area contributed by atoms with Gasteiger partial charge in [-0.15, -0.1) is 0 Å². The maximum atomic E-state index is 12.0. The number of phosphoric ester groups is 1. The number of quaternary nitrogens is 1. The summed E-state index contributed by atoms with van der Waals surface area (Å²) in [6, 6.07) is -0.898. The van der Waals surface area contributed by atoms with E-state index in [1.807, 2.05) is 27.2 Å². The molecule has 0 aromatic carbocycles. The molecule has 37 heavy (non-hydrogen) atoms. The molecule has 218 valence electrons. The van der Waals surface area contributed by atoms with Gasteiger partial charge in [0.1, 0.15) is 13.2 Å². The Morgan fingerprint density at radius 1 is 0.919 bits per heavy atom. The predicted octanol–water partition coefficient (Wildman–Crippen LogP) is 5.26. The van der Waals surface area contributed by atoms with Crippen LogP contribution < -0.4 is 10.2 Å². The van der Waals surface area contributed by atoms with Crippen molar-refractivity contribution in [2.24, 2.45) is 0 Å². The average Bonchev–Trinajstić information content (AvgIpc) is 2.80. The summed E-state index contributed by atoms with van der Waals surface area (Å²) in [6.45, 7) is 3.63. The van der Waals surface area contributed by atoms with E-state index in [2.05, 4.69) is 24.4 Å². The molecular formula is C28H55N2O6P. The van der Waals surface area contributed by atoms with Gasteiger partial charge in [0.2, 0.25) is 5.91 Å². The van der Waals surface area contributed by atoms with Crippen LogP contribution in [0.3, 0.4) is 0 Å². The molecule has 0 saturated heterocycles. The van der Waals surface area contributed by atoms with E-state index in [1.165, 1.54) is 71.1 Å². The SMILES string of the molecule is CCCCCCCCCCCC/C=C/CC/C=C/C(O)C(COP(=O)([O-])OCC[N+](C)(C)C)NC(C)=O. The number of aliphatic hydroxyl groups is 1. The van der Waals surface area contributed by atoms with Crippen molar-refractivity contribution in [3.63, 3.8) is 0 Å². The Balaban J connectivity index is 4.12. The van der Waals surface area contributed by atoms with Gasteiger partial charge < -0.3 is 28.8 Å². The molecule has 0 aromatic heterocycles. The first-order chi connectivity index (χ1) is 17.5. The summed E-state index contributed by atoms with van der Waals surface area (Å²) in [5.74, 6) is -0.386. The molecule has 0 spiro atoms. The van der Waals surface area contributed by atoms with Crippen molar-refractivity contribution in [1.82, 2.24) is 5.32 Å². The van der Waals surface area contributed by atoms with Crippen LogP contribution in [0.1, 0.15) is 97.3 Å². The molecule has 0 aliphatic heterocycles. The van der Waals surface area contributed by atoms with Gasteiger partial charge in [-0.3, -0.25) is 9.36 Å². The third kappa shape index (κ3) is 25.0. The monoisotopic (exact) mass is 546 g/mol. The van der Waals surface area contributed by atoms with Crippen LogP contribution in [0.5, 0.6) is 0 Å². The predicted molar refractivity (Wildman–Crippen MR) is 150 cm³/mol. The number of rotatable bonds is 24. The van der Waals surface area contributed by atoms with E-state index in [9.17, 15) is 19.4 Å². The van der Waals surface area contributed by atoms with Crippen molar-refractivity contribution in [1.29, 1.82) is 0 Å². The average molecular weight is 547 g/mol. The van der Waals surface area contributed by atoms with Crippen LogP contribution in [0, 0.1) is 0 Å². The second-order valence-electron chi connectivity index (χ2n) is 10.8. The number of carbonyl (C=O) groups excluding carboxylic acids is 1. The van der Waals surface area contributed by atoms with E-state index in [-0.39, 0.29) is 12.5 Å². The second kappa shape index (κ2) is 21.9. The van der Waals surface area contributed by atoms with Gasteiger partial charge in [0, 0.05) is 6.92 Å². The van der Waals surface area contributed by atoms with Crippen molar-refractivity contribution >= 4 is 13.7 Å². The zero-order chi connectivity index (χ0) is 28.0. The Labute approximate surface area is 226 Å². The lowest BCUT2D eigenvalue weighted by atomic mass is 10.1. The normalized spacial score (nSPS) is 15.8. The van der Waals surface area contributed by atoms with Gasteiger partial charge in [0.05, 0.1) is 39.9 Å². The van der Waals surface area contributed by atoms with Crippen molar-refractivity contribution in [2.75, 3.05) is 40.9 Å². The van der Waals surface area contributed by atoms with Gasteiger partial charge >= 0.3 is 0 Å². The number of carbonyl (C=O) groups is 1. The molecule has 3 unspecified atom stereocenters. The van der Waals surface area contributed by atoms with Gasteiger partial charge in [-0.05, 0) is 25.7 Å². The van der Waals surface area contributed by atoms with Crippen molar-refractivity contribution in [3.05, 3.63) is 24.3 Å². The molecule has 0 bridgehead atoms. The van der Waals surface area contributed by atoms with Crippen LogP contribution >= 0.6 is 7.82 Å². The molecular weight excluding hydrogens is 491 g/mol. The first-order valence-electron chi connectivity index (χ1n) is 14.1. The van der Waals surface area contributed by atoms with Crippen molar-refractivity contribution < 1.29 is 32.9 Å². The minimum Gasteiger partial charge on any atom is -0.756 e. The van der Waals surface area contributed by atoms with E-state index in [0.717, 1.165) is 19.3 Å². The number of allylic oxidation sites excluding steroid dienone is 3. The number of nitrogens with zero attached hydrogens (tertiary/aromatic N) is 1. The van der Waals surface area contributed by atoms with Crippen LogP contribution in [0.2, 0.25) is 0 Å². The third-order valence-corrected chi connectivity index (χ3v) is 6.91. The molecule has 0 aromatic rings. The van der Waals surface area contributed by atoms with Crippen LogP contribution in [0.4, 0.5) is 0 Å². The smallest absolute Gasteiger partial charge is 0.268 e. The van der Waals surface area contributed by atoms with Gasteiger partial charge in [-0.2, -0.15) is 0 Å². The molecule has 0 saturated carbocycles. The van der Waals surface area contributed by atoms with Gasteiger partial charge in [-0.1, -0.05) is 89.0 Å². The first kappa shape index (κ1) is 36.0. The number of nitrogens with one attached hydrogen (secondary N) is 1. The first-order valence-corrected chi connectivity index (χ1v) is 15.6. The Hall–Kier alpha value is -1.02. The highest BCUT2D eigenvalue weighted by Gasteiger charge is 2.22. The Morgan fingerprint density at radius 3 is 2.03 bits per heavy atom. The standard InChI is InChI=1S/C28H55N2O6P/c1-6-7-8-9-10-11-12-13-14-15-16-17-18-19-20-21-22-28(32)27(29-26(2)31)25-36-37(33,34)35-24-23-30(3,4)5/h17-18,21-22,27-28,32H,6-16,19-20,23-25H2,1-5H3,(H-,29,31,33,34)/b18-17+,22-21+. The van der Waals surface area contributed by atoms with E-state index >= 15 is 0 Å². The van der Waals surface area contributed by atoms with Crippen LogP contribution in [0.15, 0.2) is 24.3 Å². The van der Waals surface area contributed by atoms with Crippen LogP contribution in [0.25, 0.3) is 0 Å². The largest absolute Gasteiger partial charge is 0.756 e. The quantitative estimate of drug-likeness (QED) is 0.0740. The Kier molecular flexibility index (Phi) is 21.3. The molecule has 9 heteroatoms. The Morgan fingerprint density at radius 2 is 1.46 bits per heavy atom. The number of hydrogen-bond donors (Lipinski definition) is 2. The lowest BCUT2D eigenvalue weighted by Gasteiger charge is -2.29. The van der Waals surface area contributed by atoms with Gasteiger partial charge in [0.15, 0.2) is 0 Å². The molecule has 0 aliphatic rings. The van der Waals surface area contributed by atoms with Gasteiger partial charge in [-0.25, -0.2) is 0 Å². The summed E-state index contributed by atoms with van der Waals surface area (Å²) in [5.41, 5.74) is 0. The van der Waals surface area contributed by atoms with E-state index in [0.29, 0.717) is 11.0 Å². The fourth-order valence-corrected chi connectivity index (χ4v) is 4.39. The van der Waals surface area contributed by atoms with Crippen LogP contribution in [-0.4, -0.2) is 68.5 Å². The number of hydrogen-bond acceptors (Lipinski definition) is 6. The number of unbranched alkanes of at least 4 members (excludes halogenated alkanes) is 11. The van der Waals surface area contributed by atoms with Crippen molar-refractivity contribution in [2.45, 2.75) is 109 Å². The van der Waals surface area contributed by atoms with Crippen LogP contribution in [-0.2, 0) is 18.4 Å². The summed E-state index contributed by atoms with van der Waals surface area (Å²) >= 11 is 0. The molecule has 0 radical (unpaired) electrons. The molecule has 0 aliphatic carbocycles. The molecule has 2 N–H and O–H groups in total. The summed E-state index contributed by atoms with van der Waals surface area (Å²) < 4.78 is 22.3. The highest BCUT2D eigenvalue weighted by Crippen LogP contribution is 2.38. The molecule has 8 nitrogen and oxygen atoms in total. The van der Waals surface area contributed by atoms with E-state index in [4.69, 9.17) is 9.05 Å². The second-order valence-corrected chi connectivity index (χ2v) is 12.2. The Bertz CT molecular complexity index is 678. The minimum atomic E-state index is -4.54. The number of phosphoric acid groups is 1. The number of likely N-dealkylation sites (N-methyl/N-ethyl adjacent to an activating group) is 1. The fourth-order valence-electron chi connectivity index (χ4n) is 3.67. The minimum absolute atomic E-state index is 0.00967. The maximum Gasteiger partial charge on any atom is 0.268 e. The molecule has 3 atom stereocenters. The summed E-state index contributed by atoms with van der Waals surface area (Å²) in [5, 5.41) is 13.0. The third-order valence-electron chi connectivity index (χ3n) is 5.95. The highest BCUT2D eigenvalue weighted by molar-refractivity contribution is 7.45. The fraction of sp³-hybridized carbons (Fsp3) is 0.821. The summed E-state index contributed by atoms with van der Waals surface area (Å²) in [4.78, 5) is 23.5. The molecule has 0 heterocycles. The zero-order valence-electron chi connectivity index (χ0n) is 24.2.